The number of amides is 1. The van der Waals surface area contributed by atoms with Crippen LogP contribution in [0.5, 0.6) is 0 Å². The molecule has 0 bridgehead atoms. The normalized spacial score (nSPS) is 24.2. The molecular weight excluding hydrogens is 261 g/mol. The number of halogens is 2. The average Bonchev–Trinajstić information content (AvgIpc) is 2.29. The molecule has 0 spiro atoms. The lowest BCUT2D eigenvalue weighted by Gasteiger charge is -2.36. The summed E-state index contributed by atoms with van der Waals surface area (Å²) < 4.78 is 23.5. The summed E-state index contributed by atoms with van der Waals surface area (Å²) in [6, 6.07) is 3.77. The van der Waals surface area contributed by atoms with Gasteiger partial charge in [-0.05, 0) is 32.0 Å². The molecule has 4 nitrogen and oxygen atoms in total. The van der Waals surface area contributed by atoms with E-state index < -0.39 is 18.0 Å². The van der Waals surface area contributed by atoms with Gasteiger partial charge in [0.2, 0.25) is 5.91 Å². The average molecular weight is 274 g/mol. The van der Waals surface area contributed by atoms with Crippen LogP contribution < -0.4 is 5.32 Å². The van der Waals surface area contributed by atoms with Crippen LogP contribution in [0, 0.1) is 11.7 Å². The lowest BCUT2D eigenvalue weighted by molar-refractivity contribution is -0.385. The summed E-state index contributed by atoms with van der Waals surface area (Å²) in [5.41, 5.74) is 0.237. The molecule has 1 aromatic rings. The Balaban J connectivity index is 2.00. The minimum Gasteiger partial charge on any atom is -0.324 e. The Kier molecular flexibility index (Phi) is 3.85. The van der Waals surface area contributed by atoms with Crippen LogP contribution in [0.1, 0.15) is 13.8 Å². The highest BCUT2D eigenvalue weighted by molar-refractivity contribution is 6.33. The third-order valence-corrected chi connectivity index (χ3v) is 2.99. The number of carbonyl (C=O) groups is 1. The summed E-state index contributed by atoms with van der Waals surface area (Å²) in [6.45, 7) is 3.41. The Hall–Kier alpha value is -1.17. The summed E-state index contributed by atoms with van der Waals surface area (Å²) in [7, 11) is 0. The van der Waals surface area contributed by atoms with Gasteiger partial charge in [0.15, 0.2) is 12.6 Å². The van der Waals surface area contributed by atoms with Crippen LogP contribution in [0.25, 0.3) is 0 Å². The number of hydrogen-bond acceptors (Lipinski definition) is 3. The van der Waals surface area contributed by atoms with Crippen molar-refractivity contribution in [3.8, 4) is 0 Å². The predicted molar refractivity (Wildman–Crippen MR) is 64.6 cm³/mol. The Labute approximate surface area is 109 Å². The number of carbonyl (C=O) groups excluding carboxylic acids is 1. The lowest BCUT2D eigenvalue weighted by atomic mass is 10.1. The van der Waals surface area contributed by atoms with Crippen molar-refractivity contribution in [1.29, 1.82) is 0 Å². The first-order valence-corrected chi connectivity index (χ1v) is 5.92. The smallest absolute Gasteiger partial charge is 0.232 e. The van der Waals surface area contributed by atoms with Gasteiger partial charge < -0.3 is 14.8 Å². The van der Waals surface area contributed by atoms with Crippen molar-refractivity contribution in [1.82, 2.24) is 0 Å². The first-order valence-electron chi connectivity index (χ1n) is 5.54. The third-order valence-electron chi connectivity index (χ3n) is 2.66. The van der Waals surface area contributed by atoms with Crippen molar-refractivity contribution in [3.05, 3.63) is 29.0 Å². The van der Waals surface area contributed by atoms with Gasteiger partial charge in [-0.25, -0.2) is 4.39 Å². The molecule has 1 fully saturated rings. The van der Waals surface area contributed by atoms with Gasteiger partial charge in [-0.1, -0.05) is 11.6 Å². The van der Waals surface area contributed by atoms with Crippen LogP contribution >= 0.6 is 11.6 Å². The highest BCUT2D eigenvalue weighted by Crippen LogP contribution is 2.26. The van der Waals surface area contributed by atoms with Gasteiger partial charge in [-0.3, -0.25) is 4.79 Å². The van der Waals surface area contributed by atoms with Gasteiger partial charge >= 0.3 is 0 Å². The van der Waals surface area contributed by atoms with Gasteiger partial charge in [0, 0.05) is 0 Å². The topological polar surface area (TPSA) is 47.6 Å². The fourth-order valence-electron chi connectivity index (χ4n) is 1.59. The number of rotatable bonds is 3. The second-order valence-electron chi connectivity index (χ2n) is 4.11. The van der Waals surface area contributed by atoms with E-state index >= 15 is 0 Å². The van der Waals surface area contributed by atoms with Gasteiger partial charge in [0.1, 0.15) is 5.82 Å². The van der Waals surface area contributed by atoms with Crippen LogP contribution in [-0.2, 0) is 14.3 Å². The van der Waals surface area contributed by atoms with E-state index in [1.54, 1.807) is 13.8 Å². The van der Waals surface area contributed by atoms with Gasteiger partial charge in [-0.2, -0.15) is 0 Å². The Morgan fingerprint density at radius 2 is 2.17 bits per heavy atom. The molecule has 1 N–H and O–H groups in total. The Morgan fingerprint density at radius 1 is 1.50 bits per heavy atom. The van der Waals surface area contributed by atoms with Gasteiger partial charge in [0.05, 0.1) is 16.6 Å². The van der Waals surface area contributed by atoms with Gasteiger partial charge in [0.25, 0.3) is 0 Å². The molecule has 1 atom stereocenters. The molecule has 0 radical (unpaired) electrons. The summed E-state index contributed by atoms with van der Waals surface area (Å²) >= 11 is 5.85. The van der Waals surface area contributed by atoms with Crippen molar-refractivity contribution >= 4 is 23.2 Å². The van der Waals surface area contributed by atoms with Crippen LogP contribution in [-0.4, -0.2) is 18.5 Å². The molecule has 0 aromatic heterocycles. The van der Waals surface area contributed by atoms with Crippen molar-refractivity contribution in [3.63, 3.8) is 0 Å². The zero-order valence-electron chi connectivity index (χ0n) is 9.94. The molecular formula is C12H13ClFNO3. The molecule has 1 saturated heterocycles. The van der Waals surface area contributed by atoms with Crippen LogP contribution in [0.15, 0.2) is 18.2 Å². The van der Waals surface area contributed by atoms with Crippen molar-refractivity contribution in [2.24, 2.45) is 5.92 Å². The van der Waals surface area contributed by atoms with E-state index in [9.17, 15) is 9.18 Å². The van der Waals surface area contributed by atoms with Crippen LogP contribution in [0.2, 0.25) is 5.02 Å². The molecule has 1 heterocycles. The molecule has 0 aliphatic carbocycles. The molecule has 0 saturated carbocycles. The number of hydrogen-bond donors (Lipinski definition) is 1. The number of ether oxygens (including phenoxy) is 2. The predicted octanol–water partition coefficient (Wildman–Crippen LogP) is 2.77. The standard InChI is InChI=1S/C12H13ClFNO3/c1-6(12-17-7(2)18-12)11(16)15-10-5-8(14)3-4-9(10)13/h3-7,12H,1-2H3,(H,15,16). The number of benzene rings is 1. The molecule has 1 amide bonds. The lowest BCUT2D eigenvalue weighted by Crippen LogP contribution is -2.46. The third kappa shape index (κ3) is 2.80. The summed E-state index contributed by atoms with van der Waals surface area (Å²) in [6.07, 6.45) is -0.852. The van der Waals surface area contributed by atoms with E-state index in [0.717, 1.165) is 6.07 Å². The SMILES string of the molecule is CC1OC(C(C)C(=O)Nc2cc(F)ccc2Cl)O1. The fraction of sp³-hybridized carbons (Fsp3) is 0.417. The largest absolute Gasteiger partial charge is 0.324 e. The van der Waals surface area contributed by atoms with E-state index in [0.29, 0.717) is 0 Å². The Bertz CT molecular complexity index is 463. The molecule has 98 valence electrons. The minimum atomic E-state index is -0.563. The molecule has 6 heteroatoms. The maximum atomic E-state index is 13.0. The maximum Gasteiger partial charge on any atom is 0.232 e. The van der Waals surface area contributed by atoms with Crippen LogP contribution in [0.4, 0.5) is 10.1 Å². The summed E-state index contributed by atoms with van der Waals surface area (Å²) in [4.78, 5) is 11.9. The minimum absolute atomic E-state index is 0.237. The van der Waals surface area contributed by atoms with Crippen LogP contribution in [0.3, 0.4) is 0 Å². The van der Waals surface area contributed by atoms with Crippen molar-refractivity contribution in [2.75, 3.05) is 5.32 Å². The van der Waals surface area contributed by atoms with E-state index in [4.69, 9.17) is 21.1 Å². The van der Waals surface area contributed by atoms with Crippen molar-refractivity contribution < 1.29 is 18.7 Å². The van der Waals surface area contributed by atoms with E-state index in [2.05, 4.69) is 5.32 Å². The second-order valence-corrected chi connectivity index (χ2v) is 4.52. The zero-order chi connectivity index (χ0) is 13.3. The first kappa shape index (κ1) is 13.3. The Morgan fingerprint density at radius 3 is 2.78 bits per heavy atom. The molecule has 18 heavy (non-hydrogen) atoms. The molecule has 1 aliphatic heterocycles. The monoisotopic (exact) mass is 273 g/mol. The fourth-order valence-corrected chi connectivity index (χ4v) is 1.75. The number of anilines is 1. The molecule has 1 aromatic carbocycles. The van der Waals surface area contributed by atoms with Crippen molar-refractivity contribution in [2.45, 2.75) is 26.4 Å². The summed E-state index contributed by atoms with van der Waals surface area (Å²) in [5, 5.41) is 2.82. The quantitative estimate of drug-likeness (QED) is 0.921. The second kappa shape index (κ2) is 5.22. The highest BCUT2D eigenvalue weighted by atomic mass is 35.5. The molecule has 1 unspecified atom stereocenters. The highest BCUT2D eigenvalue weighted by Gasteiger charge is 2.36. The van der Waals surface area contributed by atoms with E-state index in [1.807, 2.05) is 0 Å². The number of nitrogens with one attached hydrogen (secondary N) is 1. The first-order chi connectivity index (χ1) is 8.47. The molecule has 1 aliphatic rings. The van der Waals surface area contributed by atoms with E-state index in [1.165, 1.54) is 12.1 Å². The summed E-state index contributed by atoms with van der Waals surface area (Å²) in [5.74, 6) is -1.30. The zero-order valence-corrected chi connectivity index (χ0v) is 10.7. The maximum absolute atomic E-state index is 13.0. The molecule has 2 rings (SSSR count). The van der Waals surface area contributed by atoms with E-state index in [-0.39, 0.29) is 22.9 Å². The van der Waals surface area contributed by atoms with Gasteiger partial charge in [-0.15, -0.1) is 0 Å².